The molecule has 0 spiro atoms. The first-order chi connectivity index (χ1) is 15.2. The summed E-state index contributed by atoms with van der Waals surface area (Å²) >= 11 is 0. The van der Waals surface area contributed by atoms with Crippen molar-refractivity contribution in [3.63, 3.8) is 0 Å². The molecule has 1 fully saturated rings. The molecule has 1 N–H and O–H groups in total. The maximum Gasteiger partial charge on any atom is 0.311 e. The Morgan fingerprint density at radius 3 is 2.75 bits per heavy atom. The largest absolute Gasteiger partial charge is 0.452 e. The maximum atomic E-state index is 12.8. The highest BCUT2D eigenvalue weighted by atomic mass is 32.2. The summed E-state index contributed by atoms with van der Waals surface area (Å²) in [5, 5.41) is 2.75. The van der Waals surface area contributed by atoms with E-state index in [1.54, 1.807) is 24.3 Å². The van der Waals surface area contributed by atoms with E-state index in [0.29, 0.717) is 36.5 Å². The highest BCUT2D eigenvalue weighted by Gasteiger charge is 2.36. The summed E-state index contributed by atoms with van der Waals surface area (Å²) in [5.74, 6) is -0.993. The highest BCUT2D eigenvalue weighted by Crippen LogP contribution is 2.30. The second-order valence-corrected chi connectivity index (χ2v) is 9.68. The summed E-state index contributed by atoms with van der Waals surface area (Å²) < 4.78 is 34.1. The van der Waals surface area contributed by atoms with Crippen LogP contribution in [0.4, 0.5) is 5.69 Å². The number of fused-ring (bicyclic) bond motifs is 1. The number of benzene rings is 2. The second kappa shape index (κ2) is 8.74. The van der Waals surface area contributed by atoms with E-state index in [2.05, 4.69) is 9.71 Å². The zero-order valence-corrected chi connectivity index (χ0v) is 18.8. The van der Waals surface area contributed by atoms with Crippen LogP contribution in [0, 0.1) is 12.8 Å². The number of ether oxygens (including phenoxy) is 1. The van der Waals surface area contributed by atoms with Crippen LogP contribution in [0.2, 0.25) is 0 Å². The number of esters is 1. The molecule has 2 aromatic carbocycles. The number of hydrogen-bond acceptors (Lipinski definition) is 6. The predicted molar refractivity (Wildman–Crippen MR) is 120 cm³/mol. The van der Waals surface area contributed by atoms with Gasteiger partial charge >= 0.3 is 5.97 Å². The summed E-state index contributed by atoms with van der Waals surface area (Å²) in [4.78, 5) is 27.2. The molecule has 0 saturated carbocycles. The molecule has 2 aliphatic rings. The number of rotatable bonds is 4. The fraction of sp³-hybridized carbons (Fsp3) is 0.348. The van der Waals surface area contributed by atoms with Crippen LogP contribution in [0.5, 0.6) is 0 Å². The Morgan fingerprint density at radius 2 is 1.97 bits per heavy atom. The van der Waals surface area contributed by atoms with Crippen LogP contribution in [0.15, 0.2) is 57.8 Å². The lowest BCUT2D eigenvalue weighted by Gasteiger charge is -2.33. The van der Waals surface area contributed by atoms with Crippen molar-refractivity contribution in [3.8, 4) is 0 Å². The number of piperidine rings is 1. The lowest BCUT2D eigenvalue weighted by atomic mass is 9.97. The van der Waals surface area contributed by atoms with Crippen molar-refractivity contribution in [3.05, 3.63) is 59.7 Å². The van der Waals surface area contributed by atoms with E-state index < -0.39 is 33.9 Å². The fourth-order valence-corrected chi connectivity index (χ4v) is 5.20. The van der Waals surface area contributed by atoms with Crippen molar-refractivity contribution in [1.82, 2.24) is 4.90 Å². The van der Waals surface area contributed by atoms with Crippen LogP contribution in [-0.2, 0) is 24.3 Å². The molecule has 0 aromatic heterocycles. The third-order valence-electron chi connectivity index (χ3n) is 5.61. The smallest absolute Gasteiger partial charge is 0.311 e. The number of nitrogens with one attached hydrogen (secondary N) is 1. The highest BCUT2D eigenvalue weighted by molar-refractivity contribution is 7.90. The first kappa shape index (κ1) is 22.0. The molecule has 9 heteroatoms. The lowest BCUT2D eigenvalue weighted by Crippen LogP contribution is -2.44. The molecular formula is C23H25N3O5S. The molecule has 2 aromatic rings. The van der Waals surface area contributed by atoms with Crippen molar-refractivity contribution in [1.29, 1.82) is 0 Å². The van der Waals surface area contributed by atoms with Gasteiger partial charge in [0.25, 0.3) is 15.9 Å². The lowest BCUT2D eigenvalue weighted by molar-refractivity contribution is -0.158. The number of amides is 1. The molecular weight excluding hydrogens is 430 g/mol. The number of aryl methyl sites for hydroxylation is 1. The maximum absolute atomic E-state index is 12.8. The minimum absolute atomic E-state index is 0.182. The number of amidine groups is 1. The van der Waals surface area contributed by atoms with Crippen molar-refractivity contribution in [2.24, 2.45) is 10.3 Å². The van der Waals surface area contributed by atoms with Crippen molar-refractivity contribution >= 4 is 33.4 Å². The quantitative estimate of drug-likeness (QED) is 0.711. The summed E-state index contributed by atoms with van der Waals surface area (Å²) in [7, 11) is -3.73. The normalized spacial score (nSPS) is 20.1. The van der Waals surface area contributed by atoms with E-state index in [9.17, 15) is 18.0 Å². The summed E-state index contributed by atoms with van der Waals surface area (Å²) in [6.07, 6.45) is 0.331. The minimum atomic E-state index is -3.73. The van der Waals surface area contributed by atoms with Gasteiger partial charge in [0, 0.05) is 24.3 Å². The average Bonchev–Trinajstić information content (AvgIpc) is 3.05. The Balaban J connectivity index is 1.40. The summed E-state index contributed by atoms with van der Waals surface area (Å²) in [6, 6.07) is 14.0. The average molecular weight is 456 g/mol. The Morgan fingerprint density at radius 1 is 1.19 bits per heavy atom. The number of carbonyl (C=O) groups excluding carboxylic acids is 2. The molecule has 2 atom stereocenters. The van der Waals surface area contributed by atoms with Gasteiger partial charge in [-0.25, -0.2) is 0 Å². The van der Waals surface area contributed by atoms with Gasteiger partial charge in [-0.05, 0) is 56.5 Å². The van der Waals surface area contributed by atoms with Gasteiger partial charge < -0.3 is 15.0 Å². The molecule has 2 heterocycles. The molecule has 2 aliphatic heterocycles. The zero-order valence-electron chi connectivity index (χ0n) is 17.9. The van der Waals surface area contributed by atoms with Gasteiger partial charge in [-0.3, -0.25) is 9.59 Å². The third kappa shape index (κ3) is 4.52. The zero-order chi connectivity index (χ0) is 22.9. The van der Waals surface area contributed by atoms with Crippen molar-refractivity contribution in [2.75, 3.05) is 18.4 Å². The van der Waals surface area contributed by atoms with Gasteiger partial charge in [-0.1, -0.05) is 24.3 Å². The van der Waals surface area contributed by atoms with Crippen LogP contribution in [-0.4, -0.2) is 50.2 Å². The Kier molecular flexibility index (Phi) is 6.01. The first-order valence-electron chi connectivity index (χ1n) is 10.5. The van der Waals surface area contributed by atoms with Crippen molar-refractivity contribution < 1.29 is 22.7 Å². The molecule has 0 aliphatic carbocycles. The van der Waals surface area contributed by atoms with Gasteiger partial charge in [-0.15, -0.1) is 4.40 Å². The van der Waals surface area contributed by atoms with Crippen LogP contribution in [0.1, 0.15) is 30.9 Å². The predicted octanol–water partition coefficient (Wildman–Crippen LogP) is 2.73. The van der Waals surface area contributed by atoms with Gasteiger partial charge in [-0.2, -0.15) is 8.42 Å². The van der Waals surface area contributed by atoms with E-state index >= 15 is 0 Å². The molecule has 0 bridgehead atoms. The molecule has 168 valence electrons. The Labute approximate surface area is 187 Å². The molecule has 8 nitrogen and oxygen atoms in total. The number of hydrogen-bond donors (Lipinski definition) is 1. The van der Waals surface area contributed by atoms with Crippen LogP contribution in [0.25, 0.3) is 0 Å². The fourth-order valence-electron chi connectivity index (χ4n) is 3.97. The molecule has 1 amide bonds. The first-order valence-corrected chi connectivity index (χ1v) is 12.0. The number of likely N-dealkylation sites (tertiary alicyclic amines) is 1. The molecule has 0 radical (unpaired) electrons. The monoisotopic (exact) mass is 455 g/mol. The van der Waals surface area contributed by atoms with E-state index in [-0.39, 0.29) is 11.4 Å². The third-order valence-corrected chi connectivity index (χ3v) is 6.94. The summed E-state index contributed by atoms with van der Waals surface area (Å²) in [5.41, 5.74) is 2.20. The minimum Gasteiger partial charge on any atom is -0.452 e. The number of sulfonamides is 1. The van der Waals surface area contributed by atoms with Crippen molar-refractivity contribution in [2.45, 2.75) is 37.7 Å². The van der Waals surface area contributed by atoms with E-state index in [1.165, 1.54) is 13.0 Å². The molecule has 1 saturated heterocycles. The summed E-state index contributed by atoms with van der Waals surface area (Å²) in [6.45, 7) is 4.34. The topological polar surface area (TPSA) is 105 Å². The number of nitrogens with zero attached hydrogens (tertiary/aromatic N) is 2. The molecule has 0 unspecified atom stereocenters. The van der Waals surface area contributed by atoms with E-state index in [1.807, 2.05) is 30.0 Å². The van der Waals surface area contributed by atoms with Gasteiger partial charge in [0.2, 0.25) is 0 Å². The number of anilines is 1. The Bertz CT molecular complexity index is 1190. The van der Waals surface area contributed by atoms with Crippen LogP contribution in [0.3, 0.4) is 0 Å². The van der Waals surface area contributed by atoms with Crippen LogP contribution < -0.4 is 5.32 Å². The van der Waals surface area contributed by atoms with E-state index in [4.69, 9.17) is 4.74 Å². The van der Waals surface area contributed by atoms with E-state index in [0.717, 1.165) is 5.56 Å². The Hall–Kier alpha value is -3.20. The molecule has 32 heavy (non-hydrogen) atoms. The molecule has 4 rings (SSSR count). The standard InChI is InChI=1S/C23H25N3O5S/c1-15-7-5-9-18(13-15)24-22(27)16(2)31-23(28)17-8-6-12-26(14-17)21-19-10-3-4-11-20(19)32(29,30)25-21/h3-5,7,9-11,13,16-17H,6,8,12,14H2,1-2H3,(H,24,27)/t16-,17+/m1/s1. The van der Waals surface area contributed by atoms with Crippen LogP contribution >= 0.6 is 0 Å². The second-order valence-electron chi connectivity index (χ2n) is 8.11. The van der Waals surface area contributed by atoms with Gasteiger partial charge in [0.05, 0.1) is 5.92 Å². The van der Waals surface area contributed by atoms with Gasteiger partial charge in [0.1, 0.15) is 4.90 Å². The number of carbonyl (C=O) groups is 2. The SMILES string of the molecule is Cc1cccc(NC(=O)[C@@H](C)OC(=O)[C@H]2CCCN(C3=NS(=O)(=O)c4ccccc43)C2)c1. The van der Waals surface area contributed by atoms with Gasteiger partial charge in [0.15, 0.2) is 11.9 Å².